The number of nitrogens with two attached hydrogens (primary N) is 1. The minimum atomic E-state index is -0.0383. The van der Waals surface area contributed by atoms with Gasteiger partial charge in [0.15, 0.2) is 0 Å². The second-order valence-corrected chi connectivity index (χ2v) is 4.93. The van der Waals surface area contributed by atoms with Crippen molar-refractivity contribution < 1.29 is 14.3 Å². The fourth-order valence-corrected chi connectivity index (χ4v) is 1.67. The topological polar surface area (TPSA) is 76.8 Å². The van der Waals surface area contributed by atoms with Gasteiger partial charge < -0.3 is 20.5 Å². The van der Waals surface area contributed by atoms with Crippen molar-refractivity contribution in [3.63, 3.8) is 0 Å². The first-order valence-electron chi connectivity index (χ1n) is 6.27. The van der Waals surface area contributed by atoms with Crippen LogP contribution in [-0.4, -0.2) is 68.9 Å². The van der Waals surface area contributed by atoms with E-state index in [4.69, 9.17) is 27.4 Å². The van der Waals surface area contributed by atoms with E-state index in [1.54, 1.807) is 14.2 Å². The summed E-state index contributed by atoms with van der Waals surface area (Å²) in [6.07, 6.45) is 0.597. The van der Waals surface area contributed by atoms with Gasteiger partial charge in [-0.05, 0) is 6.92 Å². The third kappa shape index (κ3) is 10.8. The molecule has 0 saturated carbocycles. The molecule has 0 fully saturated rings. The average Bonchev–Trinajstić information content (AvgIpc) is 2.32. The van der Waals surface area contributed by atoms with Gasteiger partial charge in [0.2, 0.25) is 5.91 Å². The Hall–Kier alpha value is -0.760. The summed E-state index contributed by atoms with van der Waals surface area (Å²) in [6.45, 7) is 4.60. The lowest BCUT2D eigenvalue weighted by molar-refractivity contribution is -0.123. The molecule has 0 aromatic rings. The van der Waals surface area contributed by atoms with E-state index < -0.39 is 0 Å². The normalized spacial score (nSPS) is 12.4. The molecule has 0 aliphatic rings. The Kier molecular flexibility index (Phi) is 10.7. The Morgan fingerprint density at radius 2 is 2.05 bits per heavy atom. The molecule has 0 aliphatic heterocycles. The van der Waals surface area contributed by atoms with Gasteiger partial charge in [0.25, 0.3) is 0 Å². The van der Waals surface area contributed by atoms with Crippen molar-refractivity contribution in [2.75, 3.05) is 47.1 Å². The maximum atomic E-state index is 11.8. The molecule has 19 heavy (non-hydrogen) atoms. The molecule has 0 aliphatic carbocycles. The van der Waals surface area contributed by atoms with E-state index in [9.17, 15) is 4.79 Å². The van der Waals surface area contributed by atoms with Crippen LogP contribution in [0.25, 0.3) is 0 Å². The zero-order valence-corrected chi connectivity index (χ0v) is 12.8. The van der Waals surface area contributed by atoms with E-state index in [2.05, 4.69) is 5.32 Å². The van der Waals surface area contributed by atoms with Gasteiger partial charge in [0.05, 0.1) is 24.7 Å². The number of nitrogens with one attached hydrogen (secondary N) is 1. The molecule has 112 valence electrons. The Morgan fingerprint density at radius 3 is 2.58 bits per heavy atom. The van der Waals surface area contributed by atoms with E-state index >= 15 is 0 Å². The van der Waals surface area contributed by atoms with Crippen LogP contribution in [0.5, 0.6) is 0 Å². The van der Waals surface area contributed by atoms with Crippen molar-refractivity contribution in [2.45, 2.75) is 19.4 Å². The van der Waals surface area contributed by atoms with Gasteiger partial charge in [-0.25, -0.2) is 0 Å². The first kappa shape index (κ1) is 18.2. The summed E-state index contributed by atoms with van der Waals surface area (Å²) in [6, 6.07) is -0.00244. The number of hydrogen-bond donors (Lipinski definition) is 2. The largest absolute Gasteiger partial charge is 0.393 e. The van der Waals surface area contributed by atoms with Crippen LogP contribution in [0.15, 0.2) is 0 Å². The van der Waals surface area contributed by atoms with Crippen molar-refractivity contribution in [3.8, 4) is 0 Å². The molecule has 0 radical (unpaired) electrons. The zero-order valence-electron chi connectivity index (χ0n) is 12.0. The van der Waals surface area contributed by atoms with Crippen molar-refractivity contribution in [1.29, 1.82) is 0 Å². The summed E-state index contributed by atoms with van der Waals surface area (Å²) in [5.41, 5.74) is 5.48. The van der Waals surface area contributed by atoms with Crippen molar-refractivity contribution in [3.05, 3.63) is 0 Å². The van der Waals surface area contributed by atoms with Gasteiger partial charge in [-0.1, -0.05) is 12.2 Å². The molecular weight excluding hydrogens is 266 g/mol. The van der Waals surface area contributed by atoms with Crippen LogP contribution in [0.4, 0.5) is 0 Å². The number of carbonyl (C=O) groups excluding carboxylic acids is 1. The highest BCUT2D eigenvalue weighted by atomic mass is 32.1. The highest BCUT2D eigenvalue weighted by Crippen LogP contribution is 1.94. The fourth-order valence-electron chi connectivity index (χ4n) is 1.57. The highest BCUT2D eigenvalue weighted by Gasteiger charge is 2.12. The van der Waals surface area contributed by atoms with Crippen LogP contribution in [0, 0.1) is 0 Å². The lowest BCUT2D eigenvalue weighted by atomic mass is 10.3. The van der Waals surface area contributed by atoms with Gasteiger partial charge in [0.1, 0.15) is 0 Å². The van der Waals surface area contributed by atoms with Crippen molar-refractivity contribution in [1.82, 2.24) is 10.2 Å². The summed E-state index contributed by atoms with van der Waals surface area (Å²) in [4.78, 5) is 14.3. The number of carbonyl (C=O) groups is 1. The third-order valence-electron chi connectivity index (χ3n) is 2.48. The molecule has 0 aromatic heterocycles. The molecule has 0 aromatic carbocycles. The molecule has 1 amide bonds. The van der Waals surface area contributed by atoms with Gasteiger partial charge >= 0.3 is 0 Å². The number of rotatable bonds is 11. The molecule has 0 bridgehead atoms. The molecular formula is C12H25N3O3S. The first-order chi connectivity index (χ1) is 8.99. The van der Waals surface area contributed by atoms with Crippen LogP contribution < -0.4 is 11.1 Å². The molecule has 7 heteroatoms. The lowest BCUT2D eigenvalue weighted by Crippen LogP contribution is -2.44. The number of nitrogens with zero attached hydrogens (tertiary/aromatic N) is 1. The maximum absolute atomic E-state index is 11.8. The third-order valence-corrected chi connectivity index (χ3v) is 2.68. The molecule has 3 N–H and O–H groups in total. The summed E-state index contributed by atoms with van der Waals surface area (Å²) >= 11 is 4.85. The number of hydrogen-bond acceptors (Lipinski definition) is 5. The van der Waals surface area contributed by atoms with Gasteiger partial charge in [-0.2, -0.15) is 0 Å². The van der Waals surface area contributed by atoms with Crippen molar-refractivity contribution >= 4 is 23.1 Å². The monoisotopic (exact) mass is 291 g/mol. The summed E-state index contributed by atoms with van der Waals surface area (Å²) in [5, 5.41) is 2.86. The molecule has 0 rings (SSSR count). The standard InChI is InChI=1S/C12H25N3O3S/c1-10(9-18-3)14-12(16)8-15(6-7-17-2)5-4-11(13)19/h10H,4-9H2,1-3H3,(H2,13,19)(H,14,16). The molecule has 6 nitrogen and oxygen atoms in total. The number of ether oxygens (including phenoxy) is 2. The molecule has 0 spiro atoms. The van der Waals surface area contributed by atoms with Crippen LogP contribution in [0.3, 0.4) is 0 Å². The molecule has 0 saturated heterocycles. The number of thiocarbonyl (C=S) groups is 1. The summed E-state index contributed by atoms with van der Waals surface area (Å²) in [5.74, 6) is -0.0383. The molecule has 1 unspecified atom stereocenters. The van der Waals surface area contributed by atoms with Crippen molar-refractivity contribution in [2.24, 2.45) is 5.73 Å². The Morgan fingerprint density at radius 1 is 1.37 bits per heavy atom. The Balaban J connectivity index is 4.13. The quantitative estimate of drug-likeness (QED) is 0.512. The van der Waals surface area contributed by atoms with Crippen LogP contribution >= 0.6 is 12.2 Å². The van der Waals surface area contributed by atoms with E-state index in [0.29, 0.717) is 44.3 Å². The summed E-state index contributed by atoms with van der Waals surface area (Å²) < 4.78 is 9.99. The second kappa shape index (κ2) is 11.1. The Labute approximate surface area is 120 Å². The number of methoxy groups -OCH3 is 2. The SMILES string of the molecule is COCCN(CCC(N)=S)CC(=O)NC(C)COC. The van der Waals surface area contributed by atoms with E-state index in [1.165, 1.54) is 0 Å². The zero-order chi connectivity index (χ0) is 14.7. The highest BCUT2D eigenvalue weighted by molar-refractivity contribution is 7.80. The minimum absolute atomic E-state index is 0.00244. The van der Waals surface area contributed by atoms with Gasteiger partial charge in [0, 0.05) is 39.8 Å². The predicted octanol–water partition coefficient (Wildman–Crippen LogP) is -0.238. The van der Waals surface area contributed by atoms with Crippen LogP contribution in [-0.2, 0) is 14.3 Å². The average molecular weight is 291 g/mol. The van der Waals surface area contributed by atoms with Crippen LogP contribution in [0.2, 0.25) is 0 Å². The fraction of sp³-hybridized carbons (Fsp3) is 0.833. The molecule has 0 heterocycles. The van der Waals surface area contributed by atoms with E-state index in [-0.39, 0.29) is 11.9 Å². The summed E-state index contributed by atoms with van der Waals surface area (Å²) in [7, 11) is 3.24. The smallest absolute Gasteiger partial charge is 0.234 e. The van der Waals surface area contributed by atoms with Gasteiger partial charge in [-0.3, -0.25) is 9.69 Å². The minimum Gasteiger partial charge on any atom is -0.393 e. The van der Waals surface area contributed by atoms with E-state index in [1.807, 2.05) is 11.8 Å². The Bertz CT molecular complexity index is 277. The lowest BCUT2D eigenvalue weighted by Gasteiger charge is -2.22. The maximum Gasteiger partial charge on any atom is 0.234 e. The second-order valence-electron chi connectivity index (χ2n) is 4.41. The first-order valence-corrected chi connectivity index (χ1v) is 6.68. The molecule has 1 atom stereocenters. The predicted molar refractivity (Wildman–Crippen MR) is 79.2 cm³/mol. The van der Waals surface area contributed by atoms with Gasteiger partial charge in [-0.15, -0.1) is 0 Å². The number of amides is 1. The van der Waals surface area contributed by atoms with E-state index in [0.717, 1.165) is 0 Å². The van der Waals surface area contributed by atoms with Crippen LogP contribution in [0.1, 0.15) is 13.3 Å².